The second kappa shape index (κ2) is 7.94. The predicted molar refractivity (Wildman–Crippen MR) is 107 cm³/mol. The van der Waals surface area contributed by atoms with Gasteiger partial charge in [-0.25, -0.2) is 9.07 Å². The highest BCUT2D eigenvalue weighted by molar-refractivity contribution is 6.05. The quantitative estimate of drug-likeness (QED) is 0.720. The number of para-hydroxylation sites is 1. The Morgan fingerprint density at radius 1 is 1.18 bits per heavy atom. The Kier molecular flexibility index (Phi) is 5.21. The van der Waals surface area contributed by atoms with Gasteiger partial charge < -0.3 is 10.6 Å². The Labute approximate surface area is 163 Å². The number of benzene rings is 2. The lowest BCUT2D eigenvalue weighted by atomic mass is 9.91. The molecule has 0 atom stereocenters. The fourth-order valence-corrected chi connectivity index (χ4v) is 3.74. The summed E-state index contributed by atoms with van der Waals surface area (Å²) < 4.78 is 15.9. The van der Waals surface area contributed by atoms with Crippen LogP contribution in [-0.2, 0) is 0 Å². The number of amides is 1. The zero-order valence-electron chi connectivity index (χ0n) is 15.8. The van der Waals surface area contributed by atoms with Gasteiger partial charge >= 0.3 is 0 Å². The van der Waals surface area contributed by atoms with E-state index in [2.05, 4.69) is 21.8 Å². The van der Waals surface area contributed by atoms with Gasteiger partial charge in [-0.15, -0.1) is 0 Å². The fourth-order valence-electron chi connectivity index (χ4n) is 3.74. The predicted octanol–water partition coefficient (Wildman–Crippen LogP) is 4.04. The van der Waals surface area contributed by atoms with E-state index in [9.17, 15) is 9.18 Å². The van der Waals surface area contributed by atoms with Crippen molar-refractivity contribution in [2.45, 2.75) is 25.7 Å². The molecule has 0 unspecified atom stereocenters. The Morgan fingerprint density at radius 2 is 1.96 bits per heavy atom. The van der Waals surface area contributed by atoms with Gasteiger partial charge in [-0.05, 0) is 62.7 Å². The summed E-state index contributed by atoms with van der Waals surface area (Å²) >= 11 is 0. The van der Waals surface area contributed by atoms with Crippen molar-refractivity contribution in [3.63, 3.8) is 0 Å². The third kappa shape index (κ3) is 3.68. The molecule has 2 heterocycles. The Balaban J connectivity index is 1.74. The van der Waals surface area contributed by atoms with E-state index in [-0.39, 0.29) is 17.5 Å². The monoisotopic (exact) mass is 378 g/mol. The minimum absolute atomic E-state index is 0.173. The van der Waals surface area contributed by atoms with Crippen LogP contribution in [0.4, 0.5) is 10.1 Å². The van der Waals surface area contributed by atoms with Crippen LogP contribution in [0.25, 0.3) is 5.69 Å². The number of nitrogens with zero attached hydrogens (tertiary/aromatic N) is 2. The van der Waals surface area contributed by atoms with Gasteiger partial charge in [-0.1, -0.05) is 24.3 Å². The fraction of sp³-hybridized carbons (Fsp3) is 0.273. The summed E-state index contributed by atoms with van der Waals surface area (Å²) in [6.07, 6.45) is 3.45. The smallest absolute Gasteiger partial charge is 0.259 e. The lowest BCUT2D eigenvalue weighted by molar-refractivity contribution is 0.102. The summed E-state index contributed by atoms with van der Waals surface area (Å²) in [5.41, 5.74) is 3.62. The van der Waals surface area contributed by atoms with Crippen molar-refractivity contribution < 1.29 is 9.18 Å². The molecule has 2 N–H and O–H groups in total. The van der Waals surface area contributed by atoms with Crippen LogP contribution < -0.4 is 10.6 Å². The molecule has 1 aromatic heterocycles. The van der Waals surface area contributed by atoms with Crippen LogP contribution in [0.5, 0.6) is 0 Å². The van der Waals surface area contributed by atoms with Gasteiger partial charge in [-0.3, -0.25) is 4.79 Å². The molecule has 4 rings (SSSR count). The van der Waals surface area contributed by atoms with Gasteiger partial charge in [0.05, 0.1) is 28.8 Å². The van der Waals surface area contributed by atoms with Crippen molar-refractivity contribution in [1.82, 2.24) is 15.1 Å². The Morgan fingerprint density at radius 3 is 2.71 bits per heavy atom. The average Bonchev–Trinajstić information content (AvgIpc) is 3.16. The second-order valence-electron chi connectivity index (χ2n) is 7.15. The summed E-state index contributed by atoms with van der Waals surface area (Å²) in [7, 11) is 0. The molecule has 0 radical (unpaired) electrons. The maximum Gasteiger partial charge on any atom is 0.259 e. The summed E-state index contributed by atoms with van der Waals surface area (Å²) in [6, 6.07) is 14.2. The lowest BCUT2D eigenvalue weighted by Crippen LogP contribution is -2.29. The minimum Gasteiger partial charge on any atom is -0.319 e. The van der Waals surface area contributed by atoms with Crippen molar-refractivity contribution >= 4 is 11.6 Å². The number of aryl methyl sites for hydroxylation is 1. The Hall–Kier alpha value is -2.99. The third-order valence-electron chi connectivity index (χ3n) is 5.15. The molecule has 144 valence electrons. The second-order valence-corrected chi connectivity index (χ2v) is 7.15. The van der Waals surface area contributed by atoms with E-state index in [4.69, 9.17) is 0 Å². The molecule has 1 fully saturated rings. The van der Waals surface area contributed by atoms with Crippen LogP contribution in [0.3, 0.4) is 0 Å². The number of carbonyl (C=O) groups excluding carboxylic acids is 1. The molecule has 1 aliphatic heterocycles. The number of halogens is 1. The first-order valence-corrected chi connectivity index (χ1v) is 9.55. The van der Waals surface area contributed by atoms with Crippen molar-refractivity contribution in [1.29, 1.82) is 0 Å². The summed E-state index contributed by atoms with van der Waals surface area (Å²) in [4.78, 5) is 13.0. The molecule has 6 heteroatoms. The zero-order valence-corrected chi connectivity index (χ0v) is 15.8. The number of anilines is 1. The van der Waals surface area contributed by atoms with Gasteiger partial charge in [0.15, 0.2) is 0 Å². The molecule has 28 heavy (non-hydrogen) atoms. The number of aromatic nitrogens is 2. The lowest BCUT2D eigenvalue weighted by Gasteiger charge is -2.24. The zero-order chi connectivity index (χ0) is 19.5. The molecule has 1 aliphatic rings. The number of nitrogens with one attached hydrogen (secondary N) is 2. The van der Waals surface area contributed by atoms with Gasteiger partial charge in [0.2, 0.25) is 0 Å². The van der Waals surface area contributed by atoms with Crippen LogP contribution in [0.1, 0.15) is 40.4 Å². The molecule has 0 bridgehead atoms. The van der Waals surface area contributed by atoms with Crippen LogP contribution in [0.15, 0.2) is 54.7 Å². The highest BCUT2D eigenvalue weighted by atomic mass is 19.1. The first-order valence-electron chi connectivity index (χ1n) is 9.55. The SMILES string of the molecule is Cc1cccc(-n2ncc(C(=O)Nc3ccccc3F)c2C2CCNCC2)c1. The van der Waals surface area contributed by atoms with Crippen molar-refractivity contribution in [3.05, 3.63) is 77.4 Å². The topological polar surface area (TPSA) is 59.0 Å². The van der Waals surface area contributed by atoms with Crippen LogP contribution in [0.2, 0.25) is 0 Å². The Bertz CT molecular complexity index is 992. The van der Waals surface area contributed by atoms with Crippen molar-refractivity contribution in [3.8, 4) is 5.69 Å². The van der Waals surface area contributed by atoms with E-state index in [0.29, 0.717) is 5.56 Å². The molecule has 0 spiro atoms. The number of piperidine rings is 1. The summed E-state index contributed by atoms with van der Waals surface area (Å²) in [5, 5.41) is 10.6. The van der Waals surface area contributed by atoms with Crippen molar-refractivity contribution in [2.75, 3.05) is 18.4 Å². The maximum atomic E-state index is 14.0. The van der Waals surface area contributed by atoms with E-state index in [1.807, 2.05) is 29.8 Å². The van der Waals surface area contributed by atoms with Gasteiger partial charge in [0.1, 0.15) is 5.82 Å². The molecule has 0 saturated carbocycles. The van der Waals surface area contributed by atoms with E-state index < -0.39 is 5.82 Å². The molecule has 0 aliphatic carbocycles. The van der Waals surface area contributed by atoms with Gasteiger partial charge in [0.25, 0.3) is 5.91 Å². The van der Waals surface area contributed by atoms with E-state index in [1.165, 1.54) is 6.07 Å². The third-order valence-corrected chi connectivity index (χ3v) is 5.15. The molecular formula is C22H23FN4O. The van der Waals surface area contributed by atoms with Crippen LogP contribution in [-0.4, -0.2) is 28.8 Å². The summed E-state index contributed by atoms with van der Waals surface area (Å²) in [5.74, 6) is -0.575. The number of rotatable bonds is 4. The van der Waals surface area contributed by atoms with E-state index >= 15 is 0 Å². The summed E-state index contributed by atoms with van der Waals surface area (Å²) in [6.45, 7) is 3.83. The van der Waals surface area contributed by atoms with E-state index in [0.717, 1.165) is 42.9 Å². The van der Waals surface area contributed by atoms with E-state index in [1.54, 1.807) is 24.4 Å². The normalized spacial score (nSPS) is 14.8. The highest BCUT2D eigenvalue weighted by Crippen LogP contribution is 2.31. The van der Waals surface area contributed by atoms with Gasteiger partial charge in [0, 0.05) is 5.92 Å². The molecule has 2 aromatic carbocycles. The number of carbonyl (C=O) groups is 1. The van der Waals surface area contributed by atoms with Crippen LogP contribution in [0, 0.1) is 12.7 Å². The first kappa shape index (κ1) is 18.4. The largest absolute Gasteiger partial charge is 0.319 e. The number of hydrogen-bond acceptors (Lipinski definition) is 3. The average molecular weight is 378 g/mol. The van der Waals surface area contributed by atoms with Gasteiger partial charge in [-0.2, -0.15) is 5.10 Å². The molecule has 1 saturated heterocycles. The molecule has 5 nitrogen and oxygen atoms in total. The van der Waals surface area contributed by atoms with Crippen molar-refractivity contribution in [2.24, 2.45) is 0 Å². The molecule has 3 aromatic rings. The molecular weight excluding hydrogens is 355 g/mol. The minimum atomic E-state index is -0.453. The molecule has 1 amide bonds. The van der Waals surface area contributed by atoms with Crippen LogP contribution >= 0.6 is 0 Å². The maximum absolute atomic E-state index is 14.0. The first-order chi connectivity index (χ1) is 13.6. The highest BCUT2D eigenvalue weighted by Gasteiger charge is 2.27. The standard InChI is InChI=1S/C22H23FN4O/c1-15-5-4-6-17(13-15)27-21(16-9-11-24-12-10-16)18(14-25-27)22(28)26-20-8-3-2-7-19(20)23/h2-8,13-14,16,24H,9-12H2,1H3,(H,26,28). The number of hydrogen-bond donors (Lipinski definition) is 2.